The van der Waals surface area contributed by atoms with E-state index in [0.717, 1.165) is 56.7 Å². The molecule has 2 N–H and O–H groups in total. The number of ether oxygens (including phenoxy) is 2. The first-order chi connectivity index (χ1) is 14.3. The van der Waals surface area contributed by atoms with Gasteiger partial charge in [0.05, 0.1) is 32.9 Å². The summed E-state index contributed by atoms with van der Waals surface area (Å²) in [4.78, 5) is 7.25. The van der Waals surface area contributed by atoms with Gasteiger partial charge in [0, 0.05) is 26.2 Å². The van der Waals surface area contributed by atoms with Crippen molar-refractivity contribution in [2.24, 2.45) is 4.99 Å². The summed E-state index contributed by atoms with van der Waals surface area (Å²) < 4.78 is 10.9. The summed E-state index contributed by atoms with van der Waals surface area (Å²) in [5.74, 6) is 1.68. The number of hydrogen-bond acceptors (Lipinski definition) is 4. The van der Waals surface area contributed by atoms with Crippen LogP contribution in [-0.4, -0.2) is 57.4 Å². The van der Waals surface area contributed by atoms with Crippen LogP contribution in [0.2, 0.25) is 0 Å². The van der Waals surface area contributed by atoms with E-state index in [1.165, 1.54) is 5.56 Å². The molecule has 156 valence electrons. The highest BCUT2D eigenvalue weighted by atomic mass is 16.5. The second kappa shape index (κ2) is 11.4. The van der Waals surface area contributed by atoms with Crippen LogP contribution in [0.4, 0.5) is 0 Å². The van der Waals surface area contributed by atoms with Crippen LogP contribution in [-0.2, 0) is 11.3 Å². The number of nitrogens with one attached hydrogen (secondary N) is 2. The normalized spacial score (nSPS) is 16.3. The molecule has 6 heteroatoms. The Balaban J connectivity index is 1.68. The Kier molecular flexibility index (Phi) is 8.34. The van der Waals surface area contributed by atoms with Gasteiger partial charge in [-0.1, -0.05) is 42.5 Å². The predicted octanol–water partition coefficient (Wildman–Crippen LogP) is 2.82. The van der Waals surface area contributed by atoms with Crippen molar-refractivity contribution in [1.29, 1.82) is 0 Å². The maximum Gasteiger partial charge on any atom is 0.191 e. The van der Waals surface area contributed by atoms with E-state index in [1.807, 2.05) is 18.2 Å². The lowest BCUT2D eigenvalue weighted by molar-refractivity contribution is 0.0170. The Labute approximate surface area is 173 Å². The monoisotopic (exact) mass is 396 g/mol. The molecule has 1 aliphatic rings. The SMILES string of the molecule is CCNC(=NCc1cccc(OC)c1)NCC(c1ccccc1)N1CCOCC1. The average molecular weight is 397 g/mol. The molecular formula is C23H32N4O2. The van der Waals surface area contributed by atoms with E-state index < -0.39 is 0 Å². The van der Waals surface area contributed by atoms with Gasteiger partial charge in [-0.25, -0.2) is 4.99 Å². The number of benzene rings is 2. The van der Waals surface area contributed by atoms with Gasteiger partial charge in [0.2, 0.25) is 0 Å². The van der Waals surface area contributed by atoms with Crippen molar-refractivity contribution >= 4 is 5.96 Å². The van der Waals surface area contributed by atoms with E-state index in [9.17, 15) is 0 Å². The Morgan fingerprint density at radius 2 is 1.90 bits per heavy atom. The first kappa shape index (κ1) is 21.1. The van der Waals surface area contributed by atoms with Gasteiger partial charge in [-0.05, 0) is 30.2 Å². The third kappa shape index (κ3) is 6.48. The van der Waals surface area contributed by atoms with Crippen LogP contribution in [0.25, 0.3) is 0 Å². The third-order valence-electron chi connectivity index (χ3n) is 5.03. The summed E-state index contributed by atoms with van der Waals surface area (Å²) in [5.41, 5.74) is 2.43. The molecule has 1 heterocycles. The fourth-order valence-corrected chi connectivity index (χ4v) is 3.50. The van der Waals surface area contributed by atoms with Crippen LogP contribution in [0.3, 0.4) is 0 Å². The predicted molar refractivity (Wildman–Crippen MR) is 117 cm³/mol. The lowest BCUT2D eigenvalue weighted by Gasteiger charge is -2.35. The van der Waals surface area contributed by atoms with E-state index in [-0.39, 0.29) is 6.04 Å². The molecule has 0 bridgehead atoms. The lowest BCUT2D eigenvalue weighted by atomic mass is 10.0. The van der Waals surface area contributed by atoms with E-state index in [2.05, 4.69) is 58.9 Å². The standard InChI is InChI=1S/C23H32N4O2/c1-3-24-23(25-17-19-8-7-11-21(16-19)28-2)26-18-22(20-9-5-4-6-10-20)27-12-14-29-15-13-27/h4-11,16,22H,3,12-15,17-18H2,1-2H3,(H2,24,25,26). The molecule has 1 fully saturated rings. The molecule has 1 saturated heterocycles. The summed E-state index contributed by atoms with van der Waals surface area (Å²) in [5, 5.41) is 6.90. The summed E-state index contributed by atoms with van der Waals surface area (Å²) in [7, 11) is 1.68. The number of nitrogens with zero attached hydrogens (tertiary/aromatic N) is 2. The van der Waals surface area contributed by atoms with Gasteiger partial charge in [0.15, 0.2) is 5.96 Å². The van der Waals surface area contributed by atoms with Gasteiger partial charge in [-0.15, -0.1) is 0 Å². The lowest BCUT2D eigenvalue weighted by Crippen LogP contribution is -2.46. The fraction of sp³-hybridized carbons (Fsp3) is 0.435. The van der Waals surface area contributed by atoms with Crippen molar-refractivity contribution in [3.8, 4) is 5.75 Å². The van der Waals surface area contributed by atoms with Crippen LogP contribution in [0.5, 0.6) is 5.75 Å². The van der Waals surface area contributed by atoms with Crippen LogP contribution in [0.1, 0.15) is 24.1 Å². The first-order valence-electron chi connectivity index (χ1n) is 10.3. The van der Waals surface area contributed by atoms with Crippen molar-refractivity contribution in [2.45, 2.75) is 19.5 Å². The zero-order valence-electron chi connectivity index (χ0n) is 17.4. The smallest absolute Gasteiger partial charge is 0.191 e. The van der Waals surface area contributed by atoms with Gasteiger partial charge >= 0.3 is 0 Å². The fourth-order valence-electron chi connectivity index (χ4n) is 3.50. The number of guanidine groups is 1. The molecule has 0 radical (unpaired) electrons. The molecule has 6 nitrogen and oxygen atoms in total. The van der Waals surface area contributed by atoms with Crippen molar-refractivity contribution in [3.63, 3.8) is 0 Å². The number of methoxy groups -OCH3 is 1. The minimum absolute atomic E-state index is 0.278. The molecule has 2 aromatic rings. The van der Waals surface area contributed by atoms with Crippen LogP contribution < -0.4 is 15.4 Å². The summed E-state index contributed by atoms with van der Waals surface area (Å²) in [6, 6.07) is 19.0. The number of aliphatic imine (C=N–C) groups is 1. The number of rotatable bonds is 8. The zero-order chi connectivity index (χ0) is 20.3. The Morgan fingerprint density at radius 1 is 1.10 bits per heavy atom. The maximum atomic E-state index is 5.55. The molecule has 0 aromatic heterocycles. The molecule has 1 aliphatic heterocycles. The highest BCUT2D eigenvalue weighted by Gasteiger charge is 2.22. The van der Waals surface area contributed by atoms with E-state index >= 15 is 0 Å². The molecule has 2 aromatic carbocycles. The van der Waals surface area contributed by atoms with Crippen molar-refractivity contribution in [3.05, 3.63) is 65.7 Å². The van der Waals surface area contributed by atoms with Gasteiger partial charge in [0.1, 0.15) is 5.75 Å². The van der Waals surface area contributed by atoms with E-state index in [1.54, 1.807) is 7.11 Å². The van der Waals surface area contributed by atoms with Gasteiger partial charge in [-0.3, -0.25) is 4.90 Å². The van der Waals surface area contributed by atoms with Gasteiger partial charge in [0.25, 0.3) is 0 Å². The Morgan fingerprint density at radius 3 is 2.62 bits per heavy atom. The average Bonchev–Trinajstić information content (AvgIpc) is 2.79. The minimum Gasteiger partial charge on any atom is -0.497 e. The number of hydrogen-bond donors (Lipinski definition) is 2. The van der Waals surface area contributed by atoms with Crippen molar-refractivity contribution < 1.29 is 9.47 Å². The molecule has 1 atom stereocenters. The summed E-state index contributed by atoms with van der Waals surface area (Å²) >= 11 is 0. The topological polar surface area (TPSA) is 58.1 Å². The quantitative estimate of drug-likeness (QED) is 0.531. The highest BCUT2D eigenvalue weighted by Crippen LogP contribution is 2.21. The van der Waals surface area contributed by atoms with E-state index in [4.69, 9.17) is 14.5 Å². The molecule has 0 amide bonds. The molecule has 0 aliphatic carbocycles. The van der Waals surface area contributed by atoms with Crippen molar-refractivity contribution in [2.75, 3.05) is 46.5 Å². The van der Waals surface area contributed by atoms with Gasteiger partial charge < -0.3 is 20.1 Å². The van der Waals surface area contributed by atoms with E-state index in [0.29, 0.717) is 6.54 Å². The van der Waals surface area contributed by atoms with Crippen LogP contribution in [0.15, 0.2) is 59.6 Å². The second-order valence-corrected chi connectivity index (χ2v) is 7.00. The number of morpholine rings is 1. The summed E-state index contributed by atoms with van der Waals surface area (Å²) in [6.45, 7) is 7.74. The largest absolute Gasteiger partial charge is 0.497 e. The van der Waals surface area contributed by atoms with Crippen LogP contribution in [0, 0.1) is 0 Å². The maximum absolute atomic E-state index is 5.55. The highest BCUT2D eigenvalue weighted by molar-refractivity contribution is 5.79. The van der Waals surface area contributed by atoms with Gasteiger partial charge in [-0.2, -0.15) is 0 Å². The molecular weight excluding hydrogens is 364 g/mol. The Bertz CT molecular complexity index is 760. The molecule has 0 saturated carbocycles. The first-order valence-corrected chi connectivity index (χ1v) is 10.3. The minimum atomic E-state index is 0.278. The molecule has 1 unspecified atom stereocenters. The second-order valence-electron chi connectivity index (χ2n) is 7.00. The molecule has 3 rings (SSSR count). The Hall–Kier alpha value is -2.57. The third-order valence-corrected chi connectivity index (χ3v) is 5.03. The molecule has 29 heavy (non-hydrogen) atoms. The molecule has 0 spiro atoms. The summed E-state index contributed by atoms with van der Waals surface area (Å²) in [6.07, 6.45) is 0. The zero-order valence-corrected chi connectivity index (χ0v) is 17.4. The van der Waals surface area contributed by atoms with Crippen LogP contribution >= 0.6 is 0 Å². The van der Waals surface area contributed by atoms with Crippen molar-refractivity contribution in [1.82, 2.24) is 15.5 Å².